The van der Waals surface area contributed by atoms with Gasteiger partial charge >= 0.3 is 0 Å². The van der Waals surface area contributed by atoms with Crippen LogP contribution in [0.15, 0.2) is 119 Å². The molecule has 0 saturated heterocycles. The highest BCUT2D eigenvalue weighted by Crippen LogP contribution is 2.31. The van der Waals surface area contributed by atoms with Gasteiger partial charge in [-0.25, -0.2) is 15.0 Å². The predicted octanol–water partition coefficient (Wildman–Crippen LogP) is 6.55. The summed E-state index contributed by atoms with van der Waals surface area (Å²) in [4.78, 5) is 34.8. The normalized spacial score (nSPS) is 17.5. The summed E-state index contributed by atoms with van der Waals surface area (Å²) in [5.41, 5.74) is 6.00. The van der Waals surface area contributed by atoms with Crippen LogP contribution < -0.4 is 0 Å². The second-order valence-electron chi connectivity index (χ2n) is 10.8. The molecular weight excluding hydrogens is 544 g/mol. The molecule has 0 fully saturated rings. The number of fused-ring (bicyclic) bond motifs is 3. The van der Waals surface area contributed by atoms with Crippen LogP contribution in [-0.2, 0) is 0 Å². The van der Waals surface area contributed by atoms with Gasteiger partial charge in [-0.2, -0.15) is 5.26 Å². The van der Waals surface area contributed by atoms with E-state index in [1.165, 1.54) is 0 Å². The van der Waals surface area contributed by atoms with Gasteiger partial charge in [-0.3, -0.25) is 20.0 Å². The highest BCUT2D eigenvalue weighted by atomic mass is 15.1. The van der Waals surface area contributed by atoms with Crippen molar-refractivity contribution in [1.82, 2.24) is 24.9 Å². The lowest BCUT2D eigenvalue weighted by Crippen LogP contribution is -2.35. The summed E-state index contributed by atoms with van der Waals surface area (Å²) in [7, 11) is 0. The van der Waals surface area contributed by atoms with E-state index in [4.69, 9.17) is 24.9 Å². The van der Waals surface area contributed by atoms with Crippen molar-refractivity contribution in [2.45, 2.75) is 24.9 Å². The molecule has 0 spiro atoms. The monoisotopic (exact) mass is 568 g/mol. The van der Waals surface area contributed by atoms with Crippen LogP contribution in [0.3, 0.4) is 0 Å². The third kappa shape index (κ3) is 4.52. The van der Waals surface area contributed by atoms with Gasteiger partial charge in [0, 0.05) is 39.9 Å². The topological polar surface area (TPSA) is 113 Å². The highest BCUT2D eigenvalue weighted by Gasteiger charge is 2.31. The van der Waals surface area contributed by atoms with Gasteiger partial charge < -0.3 is 0 Å². The molecule has 0 saturated carbocycles. The van der Waals surface area contributed by atoms with Crippen LogP contribution in [0.2, 0.25) is 0 Å². The molecule has 1 aliphatic heterocycles. The Morgan fingerprint density at radius 2 is 1.32 bits per heavy atom. The number of pyridine rings is 2. The number of hydrogen-bond donors (Lipinski definition) is 0. The first-order chi connectivity index (χ1) is 21.7. The van der Waals surface area contributed by atoms with E-state index >= 15 is 0 Å². The Balaban J connectivity index is 1.40. The van der Waals surface area contributed by atoms with Gasteiger partial charge in [-0.05, 0) is 49.2 Å². The Bertz CT molecular complexity index is 2120. The van der Waals surface area contributed by atoms with Crippen LogP contribution in [0.1, 0.15) is 29.8 Å². The van der Waals surface area contributed by atoms with Gasteiger partial charge in [0.1, 0.15) is 5.71 Å². The zero-order valence-corrected chi connectivity index (χ0v) is 23.5. The molecule has 2 unspecified atom stereocenters. The largest absolute Gasteiger partial charge is 0.273 e. The van der Waals surface area contributed by atoms with Gasteiger partial charge in [0.2, 0.25) is 0 Å². The zero-order chi connectivity index (χ0) is 29.5. The fourth-order valence-electron chi connectivity index (χ4n) is 5.94. The fraction of sp³-hybridized carbons (Fsp3) is 0.111. The molecule has 8 heteroatoms. The Morgan fingerprint density at radius 3 is 2.00 bits per heavy atom. The minimum Gasteiger partial charge on any atom is -0.273 e. The Labute approximate surface area is 253 Å². The maximum atomic E-state index is 9.65. The summed E-state index contributed by atoms with van der Waals surface area (Å²) in [6, 6.07) is 29.4. The van der Waals surface area contributed by atoms with E-state index in [0.717, 1.165) is 51.3 Å². The number of rotatable bonds is 4. The minimum atomic E-state index is -0.0812. The molecule has 1 aliphatic carbocycles. The van der Waals surface area contributed by atoms with Gasteiger partial charge in [0.05, 0.1) is 40.5 Å². The molecule has 3 aromatic heterocycles. The van der Waals surface area contributed by atoms with Gasteiger partial charge in [0.15, 0.2) is 17.5 Å². The van der Waals surface area contributed by atoms with Crippen LogP contribution in [0.25, 0.3) is 44.6 Å². The molecule has 208 valence electrons. The average molecular weight is 569 g/mol. The summed E-state index contributed by atoms with van der Waals surface area (Å²) in [5, 5.41) is 11.5. The highest BCUT2D eigenvalue weighted by molar-refractivity contribution is 6.53. The van der Waals surface area contributed by atoms with E-state index < -0.39 is 0 Å². The second kappa shape index (κ2) is 10.7. The maximum absolute atomic E-state index is 9.65. The number of allylic oxidation sites excluding steroid dienone is 1. The van der Waals surface area contributed by atoms with Crippen molar-refractivity contribution in [3.8, 4) is 28.8 Å². The van der Waals surface area contributed by atoms with Crippen molar-refractivity contribution < 1.29 is 0 Å². The third-order valence-corrected chi connectivity index (χ3v) is 8.04. The van der Waals surface area contributed by atoms with E-state index in [1.54, 1.807) is 18.5 Å². The van der Waals surface area contributed by atoms with Crippen LogP contribution in [0.5, 0.6) is 0 Å². The lowest BCUT2D eigenvalue weighted by atomic mass is 9.93. The van der Waals surface area contributed by atoms with E-state index in [-0.39, 0.29) is 12.1 Å². The smallest absolute Gasteiger partial charge is 0.184 e. The molecule has 0 N–H and O–H groups in total. The molecule has 3 aromatic carbocycles. The molecule has 6 aromatic rings. The molecule has 8 nitrogen and oxygen atoms in total. The molecule has 2 atom stereocenters. The summed E-state index contributed by atoms with van der Waals surface area (Å²) in [5.74, 6) is 1.46. The van der Waals surface area contributed by atoms with Crippen LogP contribution >= 0.6 is 0 Å². The lowest BCUT2D eigenvalue weighted by Gasteiger charge is -2.28. The van der Waals surface area contributed by atoms with Crippen molar-refractivity contribution in [3.63, 3.8) is 0 Å². The van der Waals surface area contributed by atoms with Crippen molar-refractivity contribution in [3.05, 3.63) is 126 Å². The Morgan fingerprint density at radius 1 is 0.659 bits per heavy atom. The number of aromatic nitrogens is 5. The summed E-state index contributed by atoms with van der Waals surface area (Å²) in [6.07, 6.45) is 9.67. The summed E-state index contributed by atoms with van der Waals surface area (Å²) in [6.45, 7) is 0. The standard InChI is InChI=1S/C36H24N8/c37-21-22-8-3-9-23(20-22)32-33(41-31-15-2-1-14-30(31)40-32)36-43-34(26-10-4-16-28-24(26)12-6-18-38-28)42-35(44-36)27-11-5-17-29-25(27)13-7-19-39-29/h1,3-14,16-20,30-31H,2,15H2. The van der Waals surface area contributed by atoms with E-state index in [2.05, 4.69) is 28.2 Å². The summed E-state index contributed by atoms with van der Waals surface area (Å²) >= 11 is 0. The second-order valence-corrected chi connectivity index (χ2v) is 10.8. The lowest BCUT2D eigenvalue weighted by molar-refractivity contribution is 0.541. The Hall–Kier alpha value is -5.94. The molecule has 0 radical (unpaired) electrons. The predicted molar refractivity (Wildman–Crippen MR) is 171 cm³/mol. The van der Waals surface area contributed by atoms with Crippen molar-refractivity contribution in [2.75, 3.05) is 0 Å². The van der Waals surface area contributed by atoms with Crippen LogP contribution in [0, 0.1) is 11.3 Å². The quantitative estimate of drug-likeness (QED) is 0.223. The van der Waals surface area contributed by atoms with Crippen LogP contribution in [-0.4, -0.2) is 48.4 Å². The van der Waals surface area contributed by atoms with Gasteiger partial charge in [0.25, 0.3) is 0 Å². The number of benzene rings is 3. The molecule has 2 aliphatic rings. The van der Waals surface area contributed by atoms with E-state index in [9.17, 15) is 5.26 Å². The van der Waals surface area contributed by atoms with Crippen molar-refractivity contribution in [2.24, 2.45) is 9.98 Å². The molecule has 8 rings (SSSR count). The number of aliphatic imine (C=N–C) groups is 2. The molecule has 4 heterocycles. The molecule has 0 bridgehead atoms. The maximum Gasteiger partial charge on any atom is 0.184 e. The van der Waals surface area contributed by atoms with Gasteiger partial charge in [-0.15, -0.1) is 0 Å². The van der Waals surface area contributed by atoms with E-state index in [1.807, 2.05) is 78.9 Å². The van der Waals surface area contributed by atoms with Crippen molar-refractivity contribution >= 4 is 33.2 Å². The fourth-order valence-corrected chi connectivity index (χ4v) is 5.94. The van der Waals surface area contributed by atoms with Crippen molar-refractivity contribution in [1.29, 1.82) is 5.26 Å². The minimum absolute atomic E-state index is 0.0231. The Kier molecular flexibility index (Phi) is 6.27. The van der Waals surface area contributed by atoms with E-state index in [0.29, 0.717) is 34.5 Å². The summed E-state index contributed by atoms with van der Waals surface area (Å²) < 4.78 is 0. The number of hydrogen-bond acceptors (Lipinski definition) is 8. The first kappa shape index (κ1) is 25.7. The molecule has 0 amide bonds. The zero-order valence-electron chi connectivity index (χ0n) is 23.5. The third-order valence-electron chi connectivity index (χ3n) is 8.04. The first-order valence-corrected chi connectivity index (χ1v) is 14.5. The number of nitriles is 1. The molecular formula is C36H24N8. The van der Waals surface area contributed by atoms with Crippen LogP contribution in [0.4, 0.5) is 0 Å². The number of nitrogens with zero attached hydrogens (tertiary/aromatic N) is 8. The SMILES string of the molecule is N#Cc1cccc(C2=NC3C=CCCC3N=C2c2nc(-c3cccc4ncccc34)nc(-c3cccc4ncccc34)n2)c1. The average Bonchev–Trinajstić information content (AvgIpc) is 3.10. The molecule has 44 heavy (non-hydrogen) atoms. The van der Waals surface area contributed by atoms with Gasteiger partial charge in [-0.1, -0.05) is 60.7 Å². The first-order valence-electron chi connectivity index (χ1n) is 14.5.